The van der Waals surface area contributed by atoms with E-state index < -0.39 is 10.0 Å². The van der Waals surface area contributed by atoms with E-state index >= 15 is 0 Å². The molecule has 0 saturated carbocycles. The molecule has 30 heavy (non-hydrogen) atoms. The van der Waals surface area contributed by atoms with Gasteiger partial charge in [-0.3, -0.25) is 14.5 Å². The van der Waals surface area contributed by atoms with Gasteiger partial charge in [-0.2, -0.15) is 0 Å². The number of amides is 1. The quantitative estimate of drug-likeness (QED) is 0.556. The van der Waals surface area contributed by atoms with E-state index in [4.69, 9.17) is 23.2 Å². The van der Waals surface area contributed by atoms with Gasteiger partial charge >= 0.3 is 0 Å². The molecule has 0 bridgehead atoms. The first-order valence-electron chi connectivity index (χ1n) is 8.94. The number of pyridine rings is 1. The number of anilines is 1. The molecular formula is C21H19Cl2N3O3S. The van der Waals surface area contributed by atoms with Gasteiger partial charge in [0.15, 0.2) is 0 Å². The Morgan fingerprint density at radius 1 is 1.03 bits per heavy atom. The van der Waals surface area contributed by atoms with Crippen molar-refractivity contribution in [2.24, 2.45) is 0 Å². The average Bonchev–Trinajstić information content (AvgIpc) is 2.74. The molecule has 1 heterocycles. The van der Waals surface area contributed by atoms with Crippen LogP contribution in [0.25, 0.3) is 0 Å². The lowest BCUT2D eigenvalue weighted by molar-refractivity contribution is 0.0742. The molecular weight excluding hydrogens is 445 g/mol. The number of rotatable bonds is 6. The van der Waals surface area contributed by atoms with E-state index in [1.807, 2.05) is 19.1 Å². The van der Waals surface area contributed by atoms with Crippen LogP contribution in [0.2, 0.25) is 10.0 Å². The zero-order chi connectivity index (χ0) is 21.9. The molecule has 0 fully saturated rings. The van der Waals surface area contributed by atoms with Gasteiger partial charge in [0.25, 0.3) is 15.9 Å². The summed E-state index contributed by atoms with van der Waals surface area (Å²) in [6, 6.07) is 13.9. The second-order valence-electron chi connectivity index (χ2n) is 6.63. The molecule has 3 rings (SSSR count). The number of nitrogens with zero attached hydrogens (tertiary/aromatic N) is 2. The Kier molecular flexibility index (Phi) is 6.65. The highest BCUT2D eigenvalue weighted by Crippen LogP contribution is 2.27. The van der Waals surface area contributed by atoms with E-state index in [2.05, 4.69) is 9.71 Å². The van der Waals surface area contributed by atoms with Crippen molar-refractivity contribution in [2.75, 3.05) is 11.8 Å². The lowest BCUT2D eigenvalue weighted by Gasteiger charge is -2.25. The van der Waals surface area contributed by atoms with Gasteiger partial charge < -0.3 is 4.90 Å². The van der Waals surface area contributed by atoms with Crippen LogP contribution in [0.4, 0.5) is 5.69 Å². The highest BCUT2D eigenvalue weighted by Gasteiger charge is 2.20. The molecule has 156 valence electrons. The molecule has 0 radical (unpaired) electrons. The van der Waals surface area contributed by atoms with E-state index in [1.54, 1.807) is 42.5 Å². The van der Waals surface area contributed by atoms with Crippen LogP contribution in [0.15, 0.2) is 71.9 Å². The molecule has 9 heteroatoms. The highest BCUT2D eigenvalue weighted by molar-refractivity contribution is 7.92. The number of sulfonamides is 1. The third kappa shape index (κ3) is 4.92. The molecule has 0 aliphatic rings. The Balaban J connectivity index is 1.81. The van der Waals surface area contributed by atoms with Crippen molar-refractivity contribution in [2.45, 2.75) is 17.9 Å². The van der Waals surface area contributed by atoms with Crippen LogP contribution >= 0.6 is 23.2 Å². The fourth-order valence-electron chi connectivity index (χ4n) is 2.82. The van der Waals surface area contributed by atoms with Gasteiger partial charge in [0.1, 0.15) is 0 Å². The fraction of sp³-hybridized carbons (Fsp3) is 0.143. The second kappa shape index (κ2) is 9.04. The number of nitrogens with one attached hydrogen (secondary N) is 1. The van der Waals surface area contributed by atoms with Gasteiger partial charge in [0, 0.05) is 30.7 Å². The molecule has 1 unspecified atom stereocenters. The van der Waals surface area contributed by atoms with Crippen LogP contribution in [0.3, 0.4) is 0 Å². The van der Waals surface area contributed by atoms with Crippen molar-refractivity contribution in [3.05, 3.63) is 88.2 Å². The molecule has 6 nitrogen and oxygen atoms in total. The van der Waals surface area contributed by atoms with Crippen molar-refractivity contribution in [1.82, 2.24) is 9.88 Å². The van der Waals surface area contributed by atoms with Crippen molar-refractivity contribution in [1.29, 1.82) is 0 Å². The molecule has 0 saturated heterocycles. The summed E-state index contributed by atoms with van der Waals surface area (Å²) >= 11 is 11.8. The first-order chi connectivity index (χ1) is 14.2. The third-order valence-corrected chi connectivity index (χ3v) is 6.77. The Morgan fingerprint density at radius 3 is 2.40 bits per heavy atom. The summed E-state index contributed by atoms with van der Waals surface area (Å²) in [5, 5.41) is 0.393. The Morgan fingerprint density at radius 2 is 1.73 bits per heavy atom. The third-order valence-electron chi connectivity index (χ3n) is 4.65. The predicted molar refractivity (Wildman–Crippen MR) is 118 cm³/mol. The number of hydrogen-bond acceptors (Lipinski definition) is 4. The SMILES string of the molecule is CC(c1ccncc1)N(C)C(=O)c1cccc(NS(=O)(=O)c2ccc(Cl)c(Cl)c2)c1. The number of aromatic nitrogens is 1. The predicted octanol–water partition coefficient (Wildman–Crippen LogP) is 5.02. The summed E-state index contributed by atoms with van der Waals surface area (Å²) in [6.45, 7) is 1.91. The molecule has 1 N–H and O–H groups in total. The maximum absolute atomic E-state index is 12.9. The summed E-state index contributed by atoms with van der Waals surface area (Å²) in [5.41, 5.74) is 1.56. The summed E-state index contributed by atoms with van der Waals surface area (Å²) in [4.78, 5) is 18.5. The standard InChI is InChI=1S/C21H19Cl2N3O3S/c1-14(15-8-10-24-11-9-15)26(2)21(27)16-4-3-5-17(12-16)25-30(28,29)18-6-7-19(22)20(23)13-18/h3-14,25H,1-2H3. The summed E-state index contributed by atoms with van der Waals surface area (Å²) in [5.74, 6) is -0.241. The van der Waals surface area contributed by atoms with Crippen LogP contribution in [0, 0.1) is 0 Å². The first kappa shape index (κ1) is 22.1. The van der Waals surface area contributed by atoms with Crippen molar-refractivity contribution in [3.8, 4) is 0 Å². The largest absolute Gasteiger partial charge is 0.335 e. The molecule has 2 aromatic carbocycles. The number of hydrogen-bond donors (Lipinski definition) is 1. The van der Waals surface area contributed by atoms with Crippen molar-refractivity contribution in [3.63, 3.8) is 0 Å². The monoisotopic (exact) mass is 463 g/mol. The zero-order valence-electron chi connectivity index (χ0n) is 16.2. The summed E-state index contributed by atoms with van der Waals surface area (Å²) in [6.07, 6.45) is 3.34. The smallest absolute Gasteiger partial charge is 0.261 e. The maximum atomic E-state index is 12.9. The van der Waals surface area contributed by atoms with Gasteiger partial charge in [-0.05, 0) is 61.0 Å². The van der Waals surface area contributed by atoms with E-state index in [-0.39, 0.29) is 32.6 Å². The van der Waals surface area contributed by atoms with Gasteiger partial charge in [-0.1, -0.05) is 29.3 Å². The Hall–Kier alpha value is -2.61. The minimum atomic E-state index is -3.90. The highest BCUT2D eigenvalue weighted by atomic mass is 35.5. The first-order valence-corrected chi connectivity index (χ1v) is 11.2. The molecule has 1 aromatic heterocycles. The fourth-order valence-corrected chi connectivity index (χ4v) is 4.26. The Bertz CT molecular complexity index is 1170. The molecule has 0 aliphatic heterocycles. The van der Waals surface area contributed by atoms with Gasteiger partial charge in [-0.25, -0.2) is 8.42 Å². The van der Waals surface area contributed by atoms with Crippen molar-refractivity contribution >= 4 is 44.8 Å². The zero-order valence-corrected chi connectivity index (χ0v) is 18.5. The molecule has 3 aromatic rings. The average molecular weight is 464 g/mol. The van der Waals surface area contributed by atoms with Crippen molar-refractivity contribution < 1.29 is 13.2 Å². The lowest BCUT2D eigenvalue weighted by atomic mass is 10.1. The van der Waals surface area contributed by atoms with E-state index in [0.717, 1.165) is 5.56 Å². The van der Waals surface area contributed by atoms with E-state index in [9.17, 15) is 13.2 Å². The minimum absolute atomic E-state index is 0.0305. The number of halogens is 2. The Labute approximate surface area is 185 Å². The summed E-state index contributed by atoms with van der Waals surface area (Å²) < 4.78 is 27.8. The molecule has 0 spiro atoms. The van der Waals surface area contributed by atoms with E-state index in [1.165, 1.54) is 24.3 Å². The number of carbonyl (C=O) groups is 1. The summed E-state index contributed by atoms with van der Waals surface area (Å²) in [7, 11) is -2.21. The van der Waals surface area contributed by atoms with Crippen LogP contribution in [0.1, 0.15) is 28.9 Å². The molecule has 0 aliphatic carbocycles. The van der Waals surface area contributed by atoms with Crippen LogP contribution < -0.4 is 4.72 Å². The van der Waals surface area contributed by atoms with Crippen LogP contribution in [0.5, 0.6) is 0 Å². The molecule has 1 atom stereocenters. The number of carbonyl (C=O) groups excluding carboxylic acids is 1. The van der Waals surface area contributed by atoms with E-state index in [0.29, 0.717) is 5.56 Å². The minimum Gasteiger partial charge on any atom is -0.335 e. The normalized spacial score (nSPS) is 12.3. The lowest BCUT2D eigenvalue weighted by Crippen LogP contribution is -2.29. The van der Waals surface area contributed by atoms with Crippen LogP contribution in [-0.4, -0.2) is 31.3 Å². The maximum Gasteiger partial charge on any atom is 0.261 e. The molecule has 1 amide bonds. The topological polar surface area (TPSA) is 79.4 Å². The van der Waals surface area contributed by atoms with Gasteiger partial charge in [0.2, 0.25) is 0 Å². The second-order valence-corrected chi connectivity index (χ2v) is 9.13. The van der Waals surface area contributed by atoms with Crippen LogP contribution in [-0.2, 0) is 10.0 Å². The van der Waals surface area contributed by atoms with Gasteiger partial charge in [-0.15, -0.1) is 0 Å². The van der Waals surface area contributed by atoms with Gasteiger partial charge in [0.05, 0.1) is 21.0 Å². The number of benzene rings is 2.